The van der Waals surface area contributed by atoms with Crippen LogP contribution < -0.4 is 4.74 Å². The molecule has 3 aromatic carbocycles. The number of carboxylic acid groups (broad SMARTS) is 1. The molecule has 2 aromatic heterocycles. The van der Waals surface area contributed by atoms with Gasteiger partial charge in [-0.25, -0.2) is 26.9 Å². The first-order chi connectivity index (χ1) is 23.5. The summed E-state index contributed by atoms with van der Waals surface area (Å²) in [5.74, 6) is -2.79. The Hall–Kier alpha value is -4.62. The van der Waals surface area contributed by atoms with Crippen LogP contribution in [0.25, 0.3) is 22.3 Å². The third-order valence-electron chi connectivity index (χ3n) is 9.21. The van der Waals surface area contributed by atoms with Gasteiger partial charge >= 0.3 is 5.97 Å². The number of carboxylic acids is 1. The number of aromatic nitrogens is 4. The largest absolute Gasteiger partial charge is 0.481 e. The van der Waals surface area contributed by atoms with Crippen molar-refractivity contribution in [1.29, 1.82) is 0 Å². The zero-order valence-corrected chi connectivity index (χ0v) is 29.4. The number of nitrogens with one attached hydrogen (secondary N) is 1. The number of hydrogen-bond donors (Lipinski definition) is 2. The minimum absolute atomic E-state index is 0.0175. The van der Waals surface area contributed by atoms with E-state index in [1.54, 1.807) is 26.2 Å². The first-order valence-electron chi connectivity index (χ1n) is 16.3. The molecular formula is C37H40F2N4O6S. The summed E-state index contributed by atoms with van der Waals surface area (Å²) in [6.45, 7) is 7.25. The van der Waals surface area contributed by atoms with Crippen LogP contribution in [-0.2, 0) is 44.7 Å². The topological polar surface area (TPSA) is 136 Å². The number of halogens is 2. The maximum absolute atomic E-state index is 15.7. The summed E-state index contributed by atoms with van der Waals surface area (Å²) >= 11 is 0. The Labute approximate surface area is 289 Å². The van der Waals surface area contributed by atoms with Crippen LogP contribution in [0.15, 0.2) is 60.8 Å². The Bertz CT molecular complexity index is 2200. The predicted molar refractivity (Wildman–Crippen MR) is 185 cm³/mol. The number of H-pyrrole nitrogens is 1. The van der Waals surface area contributed by atoms with Crippen molar-refractivity contribution in [3.05, 3.63) is 94.9 Å². The summed E-state index contributed by atoms with van der Waals surface area (Å²) in [7, 11) is -2.04. The molecule has 0 radical (unpaired) electrons. The van der Waals surface area contributed by atoms with Crippen molar-refractivity contribution in [2.45, 2.75) is 46.0 Å². The first-order valence-corrected chi connectivity index (χ1v) is 18.2. The average Bonchev–Trinajstić information content (AvgIpc) is 3.67. The number of carbonyl (C=O) groups is 1. The van der Waals surface area contributed by atoms with Crippen molar-refractivity contribution in [1.82, 2.24) is 19.7 Å². The zero-order valence-electron chi connectivity index (χ0n) is 28.6. The van der Waals surface area contributed by atoms with Gasteiger partial charge in [0, 0.05) is 41.2 Å². The van der Waals surface area contributed by atoms with Gasteiger partial charge in [-0.1, -0.05) is 45.0 Å². The summed E-state index contributed by atoms with van der Waals surface area (Å²) in [5.41, 5.74) is 0.639. The van der Waals surface area contributed by atoms with Crippen LogP contribution in [0, 0.1) is 23.0 Å². The number of aryl methyl sites for hydroxylation is 2. The molecule has 2 N–H and O–H groups in total. The molecule has 0 spiro atoms. The lowest BCUT2D eigenvalue weighted by Gasteiger charge is -2.31. The monoisotopic (exact) mass is 706 g/mol. The van der Waals surface area contributed by atoms with Crippen molar-refractivity contribution in [3.8, 4) is 22.9 Å². The minimum atomic E-state index is -3.67. The van der Waals surface area contributed by atoms with E-state index in [1.165, 1.54) is 28.9 Å². The lowest BCUT2D eigenvalue weighted by Crippen LogP contribution is -2.36. The molecule has 1 aliphatic rings. The van der Waals surface area contributed by atoms with Crippen molar-refractivity contribution in [3.63, 3.8) is 0 Å². The van der Waals surface area contributed by atoms with E-state index in [0.29, 0.717) is 28.7 Å². The molecule has 2 atom stereocenters. The molecule has 5 aromatic rings. The van der Waals surface area contributed by atoms with E-state index in [1.807, 2.05) is 45.0 Å². The second kappa shape index (κ2) is 13.3. The Morgan fingerprint density at radius 2 is 1.86 bits per heavy atom. The van der Waals surface area contributed by atoms with Gasteiger partial charge in [-0.15, -0.1) is 0 Å². The van der Waals surface area contributed by atoms with E-state index in [4.69, 9.17) is 19.6 Å². The Morgan fingerprint density at radius 3 is 2.62 bits per heavy atom. The quantitative estimate of drug-likeness (QED) is 0.213. The Morgan fingerprint density at radius 1 is 1.08 bits per heavy atom. The summed E-state index contributed by atoms with van der Waals surface area (Å²) < 4.78 is 72.2. The molecule has 1 aliphatic heterocycles. The minimum Gasteiger partial charge on any atom is -0.481 e. The highest BCUT2D eigenvalue weighted by Gasteiger charge is 2.37. The molecule has 1 unspecified atom stereocenters. The van der Waals surface area contributed by atoms with Gasteiger partial charge in [0.1, 0.15) is 11.6 Å². The number of fused-ring (bicyclic) bond motifs is 8. The SMILES string of the molecule is CC(Cc1cccc([C@@]2(C)COCC(C)(C)CS(=O)(=O)CCc3c(c(F)cc4[nH]ccc34)Oc3ccc(F)c(c3)-c3nc2nn3C)c1)C(=O)O. The van der Waals surface area contributed by atoms with Gasteiger partial charge in [0.2, 0.25) is 0 Å². The molecule has 3 heterocycles. The Kier molecular flexibility index (Phi) is 9.33. The standard InChI is InChI=1S/C37H40F2N4O6S/c1-22(34(44)45)15-23-7-6-8-24(16-23)37(4)20-48-19-36(2,3)21-50(46,47)14-12-27-26-11-13-40-31(26)18-30(39)32(27)49-25-9-10-29(38)28(17-25)33-41-35(37)42-43(33)5/h6-11,13,16-18,22,40H,12,14-15,19-21H2,1-5H3,(H,44,45)/t22?,37-/m1/s1. The molecular weight excluding hydrogens is 666 g/mol. The molecule has 10 nitrogen and oxygen atoms in total. The van der Waals surface area contributed by atoms with E-state index in [0.717, 1.165) is 11.1 Å². The fourth-order valence-corrected chi connectivity index (χ4v) is 8.48. The highest BCUT2D eigenvalue weighted by atomic mass is 32.2. The number of sulfone groups is 1. The van der Waals surface area contributed by atoms with Gasteiger partial charge in [-0.05, 0) is 55.2 Å². The van der Waals surface area contributed by atoms with Crippen molar-refractivity contribution >= 4 is 26.7 Å². The van der Waals surface area contributed by atoms with Crippen molar-refractivity contribution in [2.24, 2.45) is 18.4 Å². The summed E-state index contributed by atoms with van der Waals surface area (Å²) in [5, 5.41) is 14.8. The predicted octanol–water partition coefficient (Wildman–Crippen LogP) is 6.62. The Balaban J connectivity index is 1.50. The first kappa shape index (κ1) is 35.2. The third kappa shape index (κ3) is 7.15. The third-order valence-corrected chi connectivity index (χ3v) is 11.3. The summed E-state index contributed by atoms with van der Waals surface area (Å²) in [6, 6.07) is 14.5. The number of rotatable bonds is 4. The molecule has 4 bridgehead atoms. The maximum Gasteiger partial charge on any atom is 0.306 e. The molecule has 0 saturated heterocycles. The van der Waals surface area contributed by atoms with Crippen molar-refractivity contribution < 1.29 is 36.6 Å². The van der Waals surface area contributed by atoms with E-state index in [9.17, 15) is 18.3 Å². The molecule has 0 saturated carbocycles. The van der Waals surface area contributed by atoms with Gasteiger partial charge < -0.3 is 19.6 Å². The van der Waals surface area contributed by atoms with Crippen LogP contribution >= 0.6 is 0 Å². The lowest BCUT2D eigenvalue weighted by atomic mass is 9.81. The van der Waals surface area contributed by atoms with E-state index >= 15 is 8.78 Å². The highest BCUT2D eigenvalue weighted by Crippen LogP contribution is 2.38. The fraction of sp³-hybridized carbons (Fsp3) is 0.378. The number of ether oxygens (including phenoxy) is 2. The number of aliphatic carboxylic acids is 1. The summed E-state index contributed by atoms with van der Waals surface area (Å²) in [6.07, 6.45) is 1.92. The fourth-order valence-electron chi connectivity index (χ4n) is 6.55. The van der Waals surface area contributed by atoms with Crippen LogP contribution in [0.2, 0.25) is 0 Å². The van der Waals surface area contributed by atoms with Gasteiger partial charge in [0.25, 0.3) is 0 Å². The van der Waals surface area contributed by atoms with Crippen LogP contribution in [0.3, 0.4) is 0 Å². The number of nitrogens with zero attached hydrogens (tertiary/aromatic N) is 3. The molecule has 13 heteroatoms. The number of benzene rings is 3. The molecule has 50 heavy (non-hydrogen) atoms. The van der Waals surface area contributed by atoms with Crippen LogP contribution in [0.1, 0.15) is 50.2 Å². The molecule has 0 fully saturated rings. The molecule has 264 valence electrons. The van der Waals surface area contributed by atoms with E-state index < -0.39 is 44.2 Å². The number of aromatic amines is 1. The van der Waals surface area contributed by atoms with Gasteiger partial charge in [-0.3, -0.25) is 4.79 Å². The molecule has 6 rings (SSSR count). The van der Waals surface area contributed by atoms with E-state index in [-0.39, 0.29) is 54.0 Å². The zero-order chi connectivity index (χ0) is 36.0. The smallest absolute Gasteiger partial charge is 0.306 e. The molecule has 0 amide bonds. The number of hydrogen-bond acceptors (Lipinski definition) is 7. The molecule has 0 aliphatic carbocycles. The highest BCUT2D eigenvalue weighted by molar-refractivity contribution is 7.91. The second-order valence-electron chi connectivity index (χ2n) is 14.2. The van der Waals surface area contributed by atoms with Crippen molar-refractivity contribution in [2.75, 3.05) is 24.7 Å². The second-order valence-corrected chi connectivity index (χ2v) is 16.4. The normalized spacial score (nSPS) is 19.9. The lowest BCUT2D eigenvalue weighted by molar-refractivity contribution is -0.141. The van der Waals surface area contributed by atoms with Crippen LogP contribution in [-0.4, -0.2) is 64.0 Å². The summed E-state index contributed by atoms with van der Waals surface area (Å²) in [4.78, 5) is 19.4. The van der Waals surface area contributed by atoms with Gasteiger partial charge in [0.15, 0.2) is 33.1 Å². The van der Waals surface area contributed by atoms with E-state index in [2.05, 4.69) is 4.98 Å². The van der Waals surface area contributed by atoms with Crippen LogP contribution in [0.4, 0.5) is 8.78 Å². The van der Waals surface area contributed by atoms with Gasteiger partial charge in [0.05, 0.1) is 41.6 Å². The van der Waals surface area contributed by atoms with Gasteiger partial charge in [-0.2, -0.15) is 5.10 Å². The average molecular weight is 707 g/mol. The maximum atomic E-state index is 15.7. The van der Waals surface area contributed by atoms with Crippen LogP contribution in [0.5, 0.6) is 11.5 Å².